The molecule has 1 aliphatic carbocycles. The molecule has 0 amide bonds. The van der Waals surface area contributed by atoms with Gasteiger partial charge in [-0.15, -0.1) is 0 Å². The number of hydrogen-bond acceptors (Lipinski definition) is 1. The molecule has 1 aliphatic rings. The van der Waals surface area contributed by atoms with Gasteiger partial charge in [0.05, 0.1) is 0 Å². The third kappa shape index (κ3) is 1.52. The number of carbonyl (C=O) groups is 1. The molecule has 0 aliphatic heterocycles. The first-order valence-electron chi connectivity index (χ1n) is 4.95. The lowest BCUT2D eigenvalue weighted by Crippen LogP contribution is -2.26. The molecule has 14 heavy (non-hydrogen) atoms. The van der Waals surface area contributed by atoms with E-state index in [0.29, 0.717) is 6.42 Å². The highest BCUT2D eigenvalue weighted by atomic mass is 16.1. The molecule has 0 spiro atoms. The van der Waals surface area contributed by atoms with Crippen LogP contribution in [0.5, 0.6) is 0 Å². The van der Waals surface area contributed by atoms with Gasteiger partial charge in [0.1, 0.15) is 0 Å². The van der Waals surface area contributed by atoms with Crippen molar-refractivity contribution in [1.29, 1.82) is 0 Å². The van der Waals surface area contributed by atoms with E-state index in [0.717, 1.165) is 5.69 Å². The Morgan fingerprint density at radius 1 is 1.50 bits per heavy atom. The fraction of sp³-hybridized carbons (Fsp3) is 0.417. The highest BCUT2D eigenvalue weighted by Gasteiger charge is 2.33. The first kappa shape index (κ1) is 9.25. The molecule has 1 aromatic rings. The maximum atomic E-state index is 11.4. The van der Waals surface area contributed by atoms with Crippen LogP contribution >= 0.6 is 0 Å². The Kier molecular flexibility index (Phi) is 2.06. The predicted molar refractivity (Wildman–Crippen MR) is 56.1 cm³/mol. The van der Waals surface area contributed by atoms with Crippen molar-refractivity contribution >= 4 is 5.78 Å². The largest absolute Gasteiger partial charge is 0.365 e. The Balaban J connectivity index is 2.35. The summed E-state index contributed by atoms with van der Waals surface area (Å²) in [6, 6.07) is 4.03. The van der Waals surface area contributed by atoms with Crippen LogP contribution in [-0.2, 0) is 4.79 Å². The topological polar surface area (TPSA) is 32.9 Å². The molecule has 1 atom stereocenters. The van der Waals surface area contributed by atoms with E-state index >= 15 is 0 Å². The minimum absolute atomic E-state index is 0.0682. The molecule has 1 unspecified atom stereocenters. The zero-order chi connectivity index (χ0) is 10.2. The van der Waals surface area contributed by atoms with E-state index in [4.69, 9.17) is 0 Å². The summed E-state index contributed by atoms with van der Waals surface area (Å²) >= 11 is 0. The first-order valence-corrected chi connectivity index (χ1v) is 4.95. The van der Waals surface area contributed by atoms with Gasteiger partial charge >= 0.3 is 0 Å². The third-order valence-electron chi connectivity index (χ3n) is 3.00. The smallest absolute Gasteiger partial charge is 0.156 e. The van der Waals surface area contributed by atoms with Crippen molar-refractivity contribution in [2.75, 3.05) is 0 Å². The van der Waals surface area contributed by atoms with Crippen molar-refractivity contribution in [2.24, 2.45) is 5.41 Å². The normalized spacial score (nSPS) is 25.3. The molecular formula is C12H15NO. The van der Waals surface area contributed by atoms with E-state index in [9.17, 15) is 4.79 Å². The minimum Gasteiger partial charge on any atom is -0.365 e. The molecule has 2 rings (SSSR count). The Morgan fingerprint density at radius 2 is 2.29 bits per heavy atom. The van der Waals surface area contributed by atoms with Gasteiger partial charge in [0, 0.05) is 24.2 Å². The van der Waals surface area contributed by atoms with Crippen LogP contribution in [0.1, 0.15) is 31.9 Å². The molecule has 0 bridgehead atoms. The second-order valence-corrected chi connectivity index (χ2v) is 4.50. The number of allylic oxidation sites excluding steroid dienone is 2. The fourth-order valence-corrected chi connectivity index (χ4v) is 2.03. The van der Waals surface area contributed by atoms with Crippen molar-refractivity contribution < 1.29 is 4.79 Å². The van der Waals surface area contributed by atoms with Crippen molar-refractivity contribution in [2.45, 2.75) is 26.2 Å². The maximum absolute atomic E-state index is 11.4. The summed E-state index contributed by atoms with van der Waals surface area (Å²) in [4.78, 5) is 14.6. The third-order valence-corrected chi connectivity index (χ3v) is 3.00. The van der Waals surface area contributed by atoms with E-state index in [-0.39, 0.29) is 17.1 Å². The number of carbonyl (C=O) groups excluding carboxylic acids is 1. The number of rotatable bonds is 1. The minimum atomic E-state index is 0.0682. The summed E-state index contributed by atoms with van der Waals surface area (Å²) in [5.41, 5.74) is 1.23. The Labute approximate surface area is 84.0 Å². The molecule has 0 radical (unpaired) electrons. The average Bonchev–Trinajstić information content (AvgIpc) is 2.62. The average molecular weight is 189 g/mol. The Bertz CT molecular complexity index is 360. The van der Waals surface area contributed by atoms with Gasteiger partial charge in [-0.2, -0.15) is 0 Å². The van der Waals surface area contributed by atoms with E-state index in [1.54, 1.807) is 6.08 Å². The first-order chi connectivity index (χ1) is 6.59. The van der Waals surface area contributed by atoms with Gasteiger partial charge in [-0.05, 0) is 23.6 Å². The van der Waals surface area contributed by atoms with Gasteiger partial charge in [-0.25, -0.2) is 0 Å². The number of aromatic nitrogens is 1. The zero-order valence-electron chi connectivity index (χ0n) is 8.58. The second-order valence-electron chi connectivity index (χ2n) is 4.50. The lowest BCUT2D eigenvalue weighted by Gasteiger charge is -2.33. The molecule has 0 fully saturated rings. The Morgan fingerprint density at radius 3 is 2.93 bits per heavy atom. The lowest BCUT2D eigenvalue weighted by molar-refractivity contribution is -0.116. The van der Waals surface area contributed by atoms with Gasteiger partial charge < -0.3 is 4.98 Å². The van der Waals surface area contributed by atoms with Crippen LogP contribution in [0.25, 0.3) is 0 Å². The van der Waals surface area contributed by atoms with E-state index < -0.39 is 0 Å². The summed E-state index contributed by atoms with van der Waals surface area (Å²) in [6.45, 7) is 4.34. The van der Waals surface area contributed by atoms with Gasteiger partial charge in [-0.1, -0.05) is 19.9 Å². The summed E-state index contributed by atoms with van der Waals surface area (Å²) < 4.78 is 0. The van der Waals surface area contributed by atoms with Crippen LogP contribution in [-0.4, -0.2) is 10.8 Å². The van der Waals surface area contributed by atoms with Crippen molar-refractivity contribution in [3.63, 3.8) is 0 Å². The van der Waals surface area contributed by atoms with Crippen molar-refractivity contribution in [1.82, 2.24) is 4.98 Å². The molecule has 74 valence electrons. The maximum Gasteiger partial charge on any atom is 0.156 e. The van der Waals surface area contributed by atoms with E-state index in [1.165, 1.54) is 0 Å². The van der Waals surface area contributed by atoms with Crippen molar-refractivity contribution in [3.05, 3.63) is 36.2 Å². The van der Waals surface area contributed by atoms with Crippen molar-refractivity contribution in [3.8, 4) is 0 Å². The fourth-order valence-electron chi connectivity index (χ4n) is 2.03. The van der Waals surface area contributed by atoms with Crippen LogP contribution in [0.15, 0.2) is 30.5 Å². The second kappa shape index (κ2) is 3.12. The quantitative estimate of drug-likeness (QED) is 0.723. The van der Waals surface area contributed by atoms with Crippen LogP contribution in [0, 0.1) is 5.41 Å². The van der Waals surface area contributed by atoms with Crippen LogP contribution in [0.4, 0.5) is 0 Å². The zero-order valence-corrected chi connectivity index (χ0v) is 8.58. The lowest BCUT2D eigenvalue weighted by atomic mass is 9.71. The molecule has 0 saturated heterocycles. The molecule has 1 N–H and O–H groups in total. The monoisotopic (exact) mass is 189 g/mol. The van der Waals surface area contributed by atoms with E-state index in [1.807, 2.05) is 18.3 Å². The van der Waals surface area contributed by atoms with E-state index in [2.05, 4.69) is 24.9 Å². The number of ketones is 1. The van der Waals surface area contributed by atoms with Crippen LogP contribution < -0.4 is 0 Å². The standard InChI is InChI=1S/C12H15NO/c1-12(2)6-5-9(14)8-10(12)11-4-3-7-13-11/h3-7,10,13H,8H2,1-2H3. The van der Waals surface area contributed by atoms with Crippen LogP contribution in [0.2, 0.25) is 0 Å². The predicted octanol–water partition coefficient (Wildman–Crippen LogP) is 2.65. The molecule has 2 heteroatoms. The molecule has 1 aromatic heterocycles. The molecule has 0 saturated carbocycles. The molecule has 0 aromatic carbocycles. The van der Waals surface area contributed by atoms with Crippen LogP contribution in [0.3, 0.4) is 0 Å². The molecule has 2 nitrogen and oxygen atoms in total. The van der Waals surface area contributed by atoms with Gasteiger partial charge in [0.2, 0.25) is 0 Å². The molecule has 1 heterocycles. The Hall–Kier alpha value is -1.31. The SMILES string of the molecule is CC1(C)C=CC(=O)CC1c1ccc[nH]1. The highest BCUT2D eigenvalue weighted by molar-refractivity contribution is 5.91. The van der Waals surface area contributed by atoms with Gasteiger partial charge in [0.15, 0.2) is 5.78 Å². The van der Waals surface area contributed by atoms with Gasteiger partial charge in [0.25, 0.3) is 0 Å². The summed E-state index contributed by atoms with van der Waals surface area (Å²) in [7, 11) is 0. The number of hydrogen-bond donors (Lipinski definition) is 1. The highest BCUT2D eigenvalue weighted by Crippen LogP contribution is 2.41. The summed E-state index contributed by atoms with van der Waals surface area (Å²) in [6.07, 6.45) is 6.25. The summed E-state index contributed by atoms with van der Waals surface area (Å²) in [5, 5.41) is 0. The summed E-state index contributed by atoms with van der Waals surface area (Å²) in [5.74, 6) is 0.513. The number of nitrogens with one attached hydrogen (secondary N) is 1. The van der Waals surface area contributed by atoms with Gasteiger partial charge in [-0.3, -0.25) is 4.79 Å². The molecular weight excluding hydrogens is 174 g/mol. The number of aromatic amines is 1. The number of H-pyrrole nitrogens is 1.